The maximum atomic E-state index is 12.4. The van der Waals surface area contributed by atoms with Crippen molar-refractivity contribution >= 4 is 19.8 Å². The van der Waals surface area contributed by atoms with Gasteiger partial charge in [0.2, 0.25) is 0 Å². The van der Waals surface area contributed by atoms with Crippen LogP contribution >= 0.6 is 7.82 Å². The normalized spacial score (nSPS) is 13.2. The van der Waals surface area contributed by atoms with Crippen molar-refractivity contribution in [2.45, 2.75) is 174 Å². The molecular formula is C43H73O8P. The fraction of sp³-hybridized carbons (Fsp3) is 0.674. The molecule has 0 amide bonds. The van der Waals surface area contributed by atoms with Crippen LogP contribution in [0.15, 0.2) is 72.9 Å². The number of carbonyl (C=O) groups is 2. The minimum Gasteiger partial charge on any atom is -0.462 e. The van der Waals surface area contributed by atoms with Gasteiger partial charge in [0, 0.05) is 12.8 Å². The molecule has 0 aliphatic heterocycles. The van der Waals surface area contributed by atoms with Gasteiger partial charge in [0.15, 0.2) is 6.10 Å². The van der Waals surface area contributed by atoms with Gasteiger partial charge in [-0.1, -0.05) is 151 Å². The molecule has 0 spiro atoms. The van der Waals surface area contributed by atoms with Gasteiger partial charge in [-0.3, -0.25) is 14.1 Å². The van der Waals surface area contributed by atoms with Gasteiger partial charge in [-0.2, -0.15) is 0 Å². The highest BCUT2D eigenvalue weighted by Gasteiger charge is 2.22. The Balaban J connectivity index is 4.09. The third kappa shape index (κ3) is 40.3. The quantitative estimate of drug-likeness (QED) is 0.0281. The van der Waals surface area contributed by atoms with E-state index >= 15 is 0 Å². The van der Waals surface area contributed by atoms with Gasteiger partial charge in [-0.05, 0) is 77.0 Å². The smallest absolute Gasteiger partial charge is 0.462 e. The van der Waals surface area contributed by atoms with Gasteiger partial charge in [0.25, 0.3) is 0 Å². The molecule has 0 radical (unpaired) electrons. The van der Waals surface area contributed by atoms with E-state index in [1.54, 1.807) is 0 Å². The zero-order valence-electron chi connectivity index (χ0n) is 32.7. The number of ether oxygens (including phenoxy) is 2. The average Bonchev–Trinajstić information content (AvgIpc) is 3.11. The summed E-state index contributed by atoms with van der Waals surface area (Å²) >= 11 is 0. The van der Waals surface area contributed by atoms with Crippen LogP contribution in [-0.2, 0) is 28.2 Å². The number of phosphoric acid groups is 1. The Bertz CT molecular complexity index is 1070. The van der Waals surface area contributed by atoms with Crippen LogP contribution in [0.4, 0.5) is 0 Å². The fourth-order valence-electron chi connectivity index (χ4n) is 5.17. The molecule has 0 aromatic rings. The fourth-order valence-corrected chi connectivity index (χ4v) is 5.53. The molecule has 9 heteroatoms. The molecule has 0 unspecified atom stereocenters. The number of rotatable bonds is 36. The number of allylic oxidation sites excluding steroid dienone is 12. The highest BCUT2D eigenvalue weighted by Crippen LogP contribution is 2.36. The molecule has 0 aliphatic carbocycles. The van der Waals surface area contributed by atoms with E-state index in [9.17, 15) is 14.2 Å². The maximum absolute atomic E-state index is 12.4. The van der Waals surface area contributed by atoms with Crippen molar-refractivity contribution in [3.8, 4) is 0 Å². The van der Waals surface area contributed by atoms with Crippen LogP contribution in [0, 0.1) is 0 Å². The molecule has 0 aromatic heterocycles. The maximum Gasteiger partial charge on any atom is 0.469 e. The summed E-state index contributed by atoms with van der Waals surface area (Å²) in [6, 6.07) is 0. The summed E-state index contributed by atoms with van der Waals surface area (Å²) < 4.78 is 26.3. The summed E-state index contributed by atoms with van der Waals surface area (Å²) in [7, 11) is -4.77. The van der Waals surface area contributed by atoms with Crippen molar-refractivity contribution in [1.82, 2.24) is 0 Å². The molecule has 0 bridgehead atoms. The van der Waals surface area contributed by atoms with Crippen LogP contribution < -0.4 is 0 Å². The van der Waals surface area contributed by atoms with E-state index in [-0.39, 0.29) is 19.4 Å². The molecule has 0 heterocycles. The molecule has 8 nitrogen and oxygen atoms in total. The second kappa shape index (κ2) is 38.2. The first-order valence-electron chi connectivity index (χ1n) is 20.2. The van der Waals surface area contributed by atoms with Crippen LogP contribution in [0.25, 0.3) is 0 Å². The Kier molecular flexibility index (Phi) is 36.4. The number of hydrogen-bond acceptors (Lipinski definition) is 6. The Morgan fingerprint density at radius 1 is 0.500 bits per heavy atom. The second-order valence-corrected chi connectivity index (χ2v) is 14.5. The highest BCUT2D eigenvalue weighted by molar-refractivity contribution is 7.46. The monoisotopic (exact) mass is 749 g/mol. The molecule has 0 saturated carbocycles. The third-order valence-corrected chi connectivity index (χ3v) is 8.70. The summed E-state index contributed by atoms with van der Waals surface area (Å²) in [6.45, 7) is 3.56. The first-order chi connectivity index (χ1) is 25.3. The minimum atomic E-state index is -4.77. The van der Waals surface area contributed by atoms with E-state index in [4.69, 9.17) is 19.3 Å². The first kappa shape index (κ1) is 49.5. The molecule has 298 valence electrons. The van der Waals surface area contributed by atoms with E-state index in [0.29, 0.717) is 12.8 Å². The van der Waals surface area contributed by atoms with Crippen molar-refractivity contribution in [3.05, 3.63) is 72.9 Å². The van der Waals surface area contributed by atoms with Crippen LogP contribution in [0.5, 0.6) is 0 Å². The lowest BCUT2D eigenvalue weighted by Gasteiger charge is -2.18. The predicted molar refractivity (Wildman–Crippen MR) is 216 cm³/mol. The molecule has 1 atom stereocenters. The lowest BCUT2D eigenvalue weighted by Crippen LogP contribution is -2.29. The molecule has 52 heavy (non-hydrogen) atoms. The molecule has 2 N–H and O–H groups in total. The van der Waals surface area contributed by atoms with Crippen LogP contribution in [0.3, 0.4) is 0 Å². The zero-order valence-corrected chi connectivity index (χ0v) is 33.6. The Morgan fingerprint density at radius 2 is 0.904 bits per heavy atom. The molecular weight excluding hydrogens is 675 g/mol. The second-order valence-electron chi connectivity index (χ2n) is 13.2. The zero-order chi connectivity index (χ0) is 38.2. The Morgan fingerprint density at radius 3 is 1.42 bits per heavy atom. The standard InChI is InChI=1S/C43H73O8P/c1-3-5-7-9-11-13-15-17-19-20-21-22-24-25-27-29-31-33-35-37-42(44)49-39-41(40-50-52(46,47)48)51-43(45)38-36-34-32-30-28-26-23-18-16-14-12-10-8-6-4-2/h11,13-14,16-17,19,21-22,25,27,31,33,41H,3-10,12,15,18,20,23-24,26,28-30,32,34-40H2,1-2H3,(H2,46,47,48)/b13-11-,16-14-,19-17-,22-21-,27-25-,33-31-/t41-/m1/s1. The number of phosphoric ester groups is 1. The van der Waals surface area contributed by atoms with Crippen molar-refractivity contribution in [2.24, 2.45) is 0 Å². The molecule has 0 fully saturated rings. The highest BCUT2D eigenvalue weighted by atomic mass is 31.2. The van der Waals surface area contributed by atoms with Crippen molar-refractivity contribution < 1.29 is 37.9 Å². The molecule has 0 rings (SSSR count). The minimum absolute atomic E-state index is 0.140. The summed E-state index contributed by atoms with van der Waals surface area (Å²) in [6.07, 6.45) is 49.2. The third-order valence-electron chi connectivity index (χ3n) is 8.21. The van der Waals surface area contributed by atoms with Gasteiger partial charge >= 0.3 is 19.8 Å². The van der Waals surface area contributed by atoms with Gasteiger partial charge in [0.05, 0.1) is 6.61 Å². The van der Waals surface area contributed by atoms with Gasteiger partial charge in [-0.15, -0.1) is 0 Å². The van der Waals surface area contributed by atoms with E-state index in [0.717, 1.165) is 51.4 Å². The van der Waals surface area contributed by atoms with Crippen molar-refractivity contribution in [1.29, 1.82) is 0 Å². The van der Waals surface area contributed by atoms with E-state index in [1.165, 1.54) is 77.0 Å². The van der Waals surface area contributed by atoms with Crippen LogP contribution in [0.1, 0.15) is 168 Å². The largest absolute Gasteiger partial charge is 0.469 e. The predicted octanol–water partition coefficient (Wildman–Crippen LogP) is 12.3. The number of hydrogen-bond donors (Lipinski definition) is 2. The molecule has 0 aromatic carbocycles. The number of esters is 2. The van der Waals surface area contributed by atoms with Gasteiger partial charge in [0.1, 0.15) is 6.61 Å². The first-order valence-corrected chi connectivity index (χ1v) is 21.8. The Labute approximate surface area is 317 Å². The van der Waals surface area contributed by atoms with Crippen LogP contribution in [0.2, 0.25) is 0 Å². The molecule has 0 aliphatic rings. The summed E-state index contributed by atoms with van der Waals surface area (Å²) in [5.74, 6) is -0.991. The summed E-state index contributed by atoms with van der Waals surface area (Å²) in [5.41, 5.74) is 0. The summed E-state index contributed by atoms with van der Waals surface area (Å²) in [4.78, 5) is 42.7. The van der Waals surface area contributed by atoms with E-state index in [2.05, 4.69) is 79.1 Å². The lowest BCUT2D eigenvalue weighted by molar-refractivity contribution is -0.161. The van der Waals surface area contributed by atoms with Gasteiger partial charge in [-0.25, -0.2) is 4.57 Å². The average molecular weight is 749 g/mol. The van der Waals surface area contributed by atoms with Gasteiger partial charge < -0.3 is 19.3 Å². The van der Waals surface area contributed by atoms with Crippen molar-refractivity contribution in [3.63, 3.8) is 0 Å². The molecule has 0 saturated heterocycles. The SMILES string of the molecule is CCCCC/C=C\C/C=C\C/C=C\C/C=C\C/C=C\CCC(=O)OC[C@H](COP(=O)(O)O)OC(=O)CCCCCCCCC/C=C\CCCCCC. The Hall–Kier alpha value is -2.51. The van der Waals surface area contributed by atoms with Crippen molar-refractivity contribution in [2.75, 3.05) is 13.2 Å². The number of carbonyl (C=O) groups excluding carboxylic acids is 2. The summed E-state index contributed by atoms with van der Waals surface area (Å²) in [5, 5.41) is 0. The van der Waals surface area contributed by atoms with E-state index < -0.39 is 32.5 Å². The van der Waals surface area contributed by atoms with Crippen LogP contribution in [-0.4, -0.2) is 41.0 Å². The topological polar surface area (TPSA) is 119 Å². The lowest BCUT2D eigenvalue weighted by atomic mass is 10.1. The van der Waals surface area contributed by atoms with E-state index in [1.807, 2.05) is 12.2 Å². The number of unbranched alkanes of at least 4 members (excludes halogenated alkanes) is 14.